The van der Waals surface area contributed by atoms with Crippen molar-refractivity contribution in [3.8, 4) is 0 Å². The first-order valence-electron chi connectivity index (χ1n) is 3.01. The van der Waals surface area contributed by atoms with Gasteiger partial charge in [-0.05, 0) is 18.2 Å². The molecule has 0 aromatic heterocycles. The molecule has 0 aliphatic rings. The quantitative estimate of drug-likeness (QED) is 0.555. The number of hydrogen-bond donors (Lipinski definition) is 1. The van der Waals surface area contributed by atoms with Gasteiger partial charge in [-0.1, -0.05) is 23.2 Å². The van der Waals surface area contributed by atoms with Crippen molar-refractivity contribution in [2.24, 2.45) is 0 Å². The van der Waals surface area contributed by atoms with Crippen molar-refractivity contribution in [2.45, 2.75) is 0 Å². The van der Waals surface area contributed by atoms with Gasteiger partial charge in [0.15, 0.2) is 0 Å². The molecule has 0 aliphatic heterocycles. The molecule has 0 unspecified atom stereocenters. The average Bonchev–Trinajstić information content (AvgIpc) is 1.94. The molecule has 12 heavy (non-hydrogen) atoms. The summed E-state index contributed by atoms with van der Waals surface area (Å²) in [6.45, 7) is 0. The highest BCUT2D eigenvalue weighted by Gasteiger charge is 2.03. The van der Waals surface area contributed by atoms with E-state index in [1.165, 1.54) is 18.2 Å². The summed E-state index contributed by atoms with van der Waals surface area (Å²) in [5.74, 6) is 0. The monoisotopic (exact) mass is 207 g/mol. The van der Waals surface area contributed by atoms with E-state index in [0.29, 0.717) is 5.02 Å². The van der Waals surface area contributed by atoms with Crippen LogP contribution in [0.15, 0.2) is 18.2 Å². The van der Waals surface area contributed by atoms with Crippen LogP contribution in [0.4, 0.5) is 14.9 Å². The molecule has 0 radical (unpaired) electrons. The number of benzene rings is 1. The molecule has 0 saturated carbocycles. The van der Waals surface area contributed by atoms with E-state index >= 15 is 0 Å². The topological polar surface area (TPSA) is 29.1 Å². The molecule has 2 nitrogen and oxygen atoms in total. The van der Waals surface area contributed by atoms with Gasteiger partial charge < -0.3 is 0 Å². The fourth-order valence-corrected chi connectivity index (χ4v) is 1.15. The van der Waals surface area contributed by atoms with E-state index in [2.05, 4.69) is 0 Å². The normalized spacial score (nSPS) is 9.58. The summed E-state index contributed by atoms with van der Waals surface area (Å²) >= 11 is 11.2. The van der Waals surface area contributed by atoms with E-state index in [1.54, 1.807) is 0 Å². The third-order valence-electron chi connectivity index (χ3n) is 1.16. The van der Waals surface area contributed by atoms with Gasteiger partial charge in [-0.3, -0.25) is 5.32 Å². The van der Waals surface area contributed by atoms with Gasteiger partial charge in [-0.15, -0.1) is 4.39 Å². The zero-order valence-electron chi connectivity index (χ0n) is 5.77. The molecule has 0 saturated heterocycles. The SMILES string of the molecule is O=C(F)Nc1ccc(Cl)cc1Cl. The van der Waals surface area contributed by atoms with Crippen LogP contribution in [-0.4, -0.2) is 6.16 Å². The van der Waals surface area contributed by atoms with Crippen molar-refractivity contribution in [3.63, 3.8) is 0 Å². The molecule has 1 aromatic carbocycles. The van der Waals surface area contributed by atoms with Crippen LogP contribution >= 0.6 is 23.2 Å². The number of halogens is 3. The Morgan fingerprint density at radius 3 is 2.58 bits per heavy atom. The van der Waals surface area contributed by atoms with E-state index in [4.69, 9.17) is 23.2 Å². The molecule has 1 aromatic rings. The number of rotatable bonds is 1. The maximum Gasteiger partial charge on any atom is 0.401 e. The van der Waals surface area contributed by atoms with E-state index in [-0.39, 0.29) is 10.7 Å². The summed E-state index contributed by atoms with van der Waals surface area (Å²) in [4.78, 5) is 9.98. The van der Waals surface area contributed by atoms with Gasteiger partial charge in [0.05, 0.1) is 10.7 Å². The van der Waals surface area contributed by atoms with Crippen LogP contribution in [0.3, 0.4) is 0 Å². The lowest BCUT2D eigenvalue weighted by Gasteiger charge is -2.01. The minimum absolute atomic E-state index is 0.202. The molecule has 0 fully saturated rings. The second-order valence-corrected chi connectivity index (χ2v) is 2.87. The number of carbonyl (C=O) groups excluding carboxylic acids is 1. The minimum Gasteiger partial charge on any atom is -0.296 e. The van der Waals surface area contributed by atoms with E-state index in [9.17, 15) is 9.18 Å². The number of hydrogen-bond acceptors (Lipinski definition) is 1. The van der Waals surface area contributed by atoms with Gasteiger partial charge in [-0.2, -0.15) is 0 Å². The largest absolute Gasteiger partial charge is 0.401 e. The van der Waals surface area contributed by atoms with E-state index in [1.807, 2.05) is 5.32 Å². The number of carbonyl (C=O) groups is 1. The van der Waals surface area contributed by atoms with Crippen molar-refractivity contribution >= 4 is 35.1 Å². The molecule has 0 spiro atoms. The summed E-state index contributed by atoms with van der Waals surface area (Å²) in [5, 5.41) is 2.53. The molecular weight excluding hydrogens is 204 g/mol. The van der Waals surface area contributed by atoms with Gasteiger partial charge in [0.25, 0.3) is 0 Å². The van der Waals surface area contributed by atoms with Gasteiger partial charge in [0, 0.05) is 5.02 Å². The van der Waals surface area contributed by atoms with Crippen LogP contribution in [0.1, 0.15) is 0 Å². The Kier molecular flexibility index (Phi) is 2.89. The lowest BCUT2D eigenvalue weighted by Crippen LogP contribution is -2.02. The fourth-order valence-electron chi connectivity index (χ4n) is 0.697. The second-order valence-electron chi connectivity index (χ2n) is 2.02. The summed E-state index contributed by atoms with van der Waals surface area (Å²) < 4.78 is 11.8. The number of amides is 1. The summed E-state index contributed by atoms with van der Waals surface area (Å²) in [6.07, 6.45) is -1.65. The van der Waals surface area contributed by atoms with Crippen molar-refractivity contribution in [2.75, 3.05) is 5.32 Å². The molecule has 5 heteroatoms. The van der Waals surface area contributed by atoms with Gasteiger partial charge in [0.2, 0.25) is 0 Å². The zero-order valence-corrected chi connectivity index (χ0v) is 7.29. The second kappa shape index (κ2) is 3.74. The summed E-state index contributed by atoms with van der Waals surface area (Å²) in [7, 11) is 0. The van der Waals surface area contributed by atoms with Crippen molar-refractivity contribution < 1.29 is 9.18 Å². The molecular formula is C7H4Cl2FNO. The zero-order chi connectivity index (χ0) is 9.14. The number of anilines is 1. The van der Waals surface area contributed by atoms with Gasteiger partial charge in [0.1, 0.15) is 0 Å². The Balaban J connectivity index is 2.93. The maximum atomic E-state index is 11.8. The van der Waals surface area contributed by atoms with Gasteiger partial charge in [-0.25, -0.2) is 4.79 Å². The highest BCUT2D eigenvalue weighted by molar-refractivity contribution is 6.36. The summed E-state index contributed by atoms with van der Waals surface area (Å²) in [6, 6.07) is 4.33. The predicted molar refractivity (Wildman–Crippen MR) is 46.6 cm³/mol. The lowest BCUT2D eigenvalue weighted by atomic mass is 10.3. The van der Waals surface area contributed by atoms with Crippen LogP contribution in [-0.2, 0) is 0 Å². The van der Waals surface area contributed by atoms with Gasteiger partial charge >= 0.3 is 6.16 Å². The Labute approximate surface area is 78.3 Å². The van der Waals surface area contributed by atoms with Crippen LogP contribution in [0, 0.1) is 0 Å². The first-order chi connectivity index (χ1) is 5.59. The molecule has 0 atom stereocenters. The molecule has 0 aliphatic carbocycles. The van der Waals surface area contributed by atoms with Crippen molar-refractivity contribution in [1.82, 2.24) is 0 Å². The molecule has 1 amide bonds. The van der Waals surface area contributed by atoms with Crippen LogP contribution in [0.2, 0.25) is 10.0 Å². The third kappa shape index (κ3) is 2.36. The highest BCUT2D eigenvalue weighted by atomic mass is 35.5. The predicted octanol–water partition coefficient (Wildman–Crippen LogP) is 3.49. The van der Waals surface area contributed by atoms with Crippen molar-refractivity contribution in [1.29, 1.82) is 0 Å². The minimum atomic E-state index is -1.65. The Morgan fingerprint density at radius 1 is 1.42 bits per heavy atom. The third-order valence-corrected chi connectivity index (χ3v) is 1.71. The molecule has 64 valence electrons. The van der Waals surface area contributed by atoms with Crippen LogP contribution in [0.25, 0.3) is 0 Å². The summed E-state index contributed by atoms with van der Waals surface area (Å²) in [5.41, 5.74) is 0.202. The van der Waals surface area contributed by atoms with Crippen LogP contribution < -0.4 is 5.32 Å². The lowest BCUT2D eigenvalue weighted by molar-refractivity contribution is 0.235. The first kappa shape index (κ1) is 9.29. The Bertz CT molecular complexity index is 316. The maximum absolute atomic E-state index is 11.8. The Morgan fingerprint density at radius 2 is 2.08 bits per heavy atom. The fraction of sp³-hybridized carbons (Fsp3) is 0. The van der Waals surface area contributed by atoms with E-state index in [0.717, 1.165) is 0 Å². The molecule has 0 bridgehead atoms. The smallest absolute Gasteiger partial charge is 0.296 e. The van der Waals surface area contributed by atoms with Crippen LogP contribution in [0.5, 0.6) is 0 Å². The Hall–Kier alpha value is -0.800. The number of nitrogens with one attached hydrogen (secondary N) is 1. The molecule has 1 N–H and O–H groups in total. The van der Waals surface area contributed by atoms with Crippen molar-refractivity contribution in [3.05, 3.63) is 28.2 Å². The average molecular weight is 208 g/mol. The highest BCUT2D eigenvalue weighted by Crippen LogP contribution is 2.25. The first-order valence-corrected chi connectivity index (χ1v) is 3.77. The standard InChI is InChI=1S/C7H4Cl2FNO/c8-4-1-2-6(5(9)3-4)11-7(10)12/h1-3H,(H,11,12). The molecule has 1 rings (SSSR count). The van der Waals surface area contributed by atoms with E-state index < -0.39 is 6.16 Å². The molecule has 0 heterocycles.